The van der Waals surface area contributed by atoms with Crippen molar-refractivity contribution < 1.29 is 14.5 Å². The largest absolute Gasteiger partial charge is 0.496 e. The van der Waals surface area contributed by atoms with Crippen LogP contribution in [-0.2, 0) is 0 Å². The first-order valence-corrected chi connectivity index (χ1v) is 7.36. The van der Waals surface area contributed by atoms with Crippen LogP contribution in [0.5, 0.6) is 5.75 Å². The van der Waals surface area contributed by atoms with Gasteiger partial charge in [-0.2, -0.15) is 5.10 Å². The number of nitrogens with one attached hydrogen (secondary N) is 1. The molecular weight excluding hydrogens is 326 g/mol. The van der Waals surface area contributed by atoms with E-state index in [4.69, 9.17) is 4.74 Å². The number of nitro groups is 1. The van der Waals surface area contributed by atoms with Crippen LogP contribution in [0.3, 0.4) is 0 Å². The number of carbonyl (C=O) groups excluding carboxylic acids is 1. The Kier molecular flexibility index (Phi) is 4.05. The van der Waals surface area contributed by atoms with E-state index >= 15 is 0 Å². The molecule has 9 nitrogen and oxygen atoms in total. The number of hydrogen-bond donors (Lipinski definition) is 1. The Balaban J connectivity index is 1.98. The first-order chi connectivity index (χ1) is 11.9. The molecule has 0 atom stereocenters. The van der Waals surface area contributed by atoms with Crippen LogP contribution in [0.25, 0.3) is 5.65 Å². The predicted octanol–water partition coefficient (Wildman–Crippen LogP) is 2.52. The van der Waals surface area contributed by atoms with E-state index in [0.29, 0.717) is 5.65 Å². The van der Waals surface area contributed by atoms with Gasteiger partial charge in [0.05, 0.1) is 30.0 Å². The van der Waals surface area contributed by atoms with Crippen molar-refractivity contribution in [3.05, 3.63) is 57.5 Å². The lowest BCUT2D eigenvalue weighted by Crippen LogP contribution is -2.12. The Morgan fingerprint density at radius 2 is 2.04 bits per heavy atom. The van der Waals surface area contributed by atoms with E-state index in [1.54, 1.807) is 4.52 Å². The highest BCUT2D eigenvalue weighted by Crippen LogP contribution is 2.26. The summed E-state index contributed by atoms with van der Waals surface area (Å²) < 4.78 is 6.60. The number of aromatic nitrogens is 3. The maximum atomic E-state index is 12.6. The second-order valence-electron chi connectivity index (χ2n) is 5.46. The van der Waals surface area contributed by atoms with Gasteiger partial charge < -0.3 is 10.1 Å². The van der Waals surface area contributed by atoms with Gasteiger partial charge in [-0.25, -0.2) is 9.50 Å². The normalized spacial score (nSPS) is 10.7. The number of ether oxygens (including phenoxy) is 1. The van der Waals surface area contributed by atoms with E-state index in [1.807, 2.05) is 19.9 Å². The molecule has 0 aliphatic heterocycles. The number of methoxy groups -OCH3 is 1. The van der Waals surface area contributed by atoms with Gasteiger partial charge in [-0.1, -0.05) is 0 Å². The van der Waals surface area contributed by atoms with Crippen LogP contribution in [0, 0.1) is 24.0 Å². The summed E-state index contributed by atoms with van der Waals surface area (Å²) in [7, 11) is 1.39. The molecule has 25 heavy (non-hydrogen) atoms. The summed E-state index contributed by atoms with van der Waals surface area (Å²) >= 11 is 0. The highest BCUT2D eigenvalue weighted by Gasteiger charge is 2.17. The van der Waals surface area contributed by atoms with Crippen LogP contribution in [0.4, 0.5) is 11.4 Å². The fourth-order valence-electron chi connectivity index (χ4n) is 2.51. The number of anilines is 1. The van der Waals surface area contributed by atoms with Gasteiger partial charge >= 0.3 is 0 Å². The van der Waals surface area contributed by atoms with Crippen molar-refractivity contribution in [1.82, 2.24) is 14.6 Å². The van der Waals surface area contributed by atoms with Crippen molar-refractivity contribution in [2.75, 3.05) is 12.4 Å². The second kappa shape index (κ2) is 6.19. The molecule has 1 amide bonds. The topological polar surface area (TPSA) is 112 Å². The van der Waals surface area contributed by atoms with Gasteiger partial charge in [0, 0.05) is 23.5 Å². The number of rotatable bonds is 4. The average molecular weight is 341 g/mol. The van der Waals surface area contributed by atoms with E-state index in [2.05, 4.69) is 15.4 Å². The van der Waals surface area contributed by atoms with Gasteiger partial charge in [-0.15, -0.1) is 0 Å². The van der Waals surface area contributed by atoms with Crippen LogP contribution in [-0.4, -0.2) is 32.5 Å². The number of fused-ring (bicyclic) bond motifs is 1. The Labute approximate surface area is 142 Å². The van der Waals surface area contributed by atoms with E-state index in [1.165, 1.54) is 31.5 Å². The first-order valence-electron chi connectivity index (χ1n) is 7.36. The molecule has 0 saturated heterocycles. The minimum atomic E-state index is -0.554. The molecular formula is C16H15N5O4. The predicted molar refractivity (Wildman–Crippen MR) is 90.1 cm³/mol. The molecule has 0 radical (unpaired) electrons. The number of nitrogens with zero attached hydrogens (tertiary/aromatic N) is 4. The molecule has 1 aromatic carbocycles. The lowest BCUT2D eigenvalue weighted by atomic mass is 10.2. The number of amides is 1. The SMILES string of the molecule is COc1cc(NC(=O)c2cnn3c(C)cc(C)nc23)cc([N+](=O)[O-])c1. The first kappa shape index (κ1) is 16.4. The van der Waals surface area contributed by atoms with E-state index in [9.17, 15) is 14.9 Å². The molecule has 0 fully saturated rings. The van der Waals surface area contributed by atoms with Crippen LogP contribution in [0.2, 0.25) is 0 Å². The van der Waals surface area contributed by atoms with E-state index in [0.717, 1.165) is 11.4 Å². The van der Waals surface area contributed by atoms with Gasteiger partial charge in [0.25, 0.3) is 11.6 Å². The quantitative estimate of drug-likeness (QED) is 0.576. The zero-order chi connectivity index (χ0) is 18.1. The Morgan fingerprint density at radius 1 is 1.28 bits per heavy atom. The third-order valence-electron chi connectivity index (χ3n) is 3.62. The Bertz CT molecular complexity index is 996. The number of carbonyl (C=O) groups is 1. The fourth-order valence-corrected chi connectivity index (χ4v) is 2.51. The van der Waals surface area contributed by atoms with Crippen molar-refractivity contribution >= 4 is 22.9 Å². The maximum Gasteiger partial charge on any atom is 0.275 e. The van der Waals surface area contributed by atoms with E-state index in [-0.39, 0.29) is 22.7 Å². The van der Waals surface area contributed by atoms with Crippen molar-refractivity contribution in [3.8, 4) is 5.75 Å². The molecule has 3 aromatic rings. The summed E-state index contributed by atoms with van der Waals surface area (Å²) in [5, 5.41) is 17.8. The van der Waals surface area contributed by atoms with Crippen LogP contribution in [0.15, 0.2) is 30.5 Å². The summed E-state index contributed by atoms with van der Waals surface area (Å²) in [5.74, 6) is -0.191. The molecule has 0 aliphatic carbocycles. The number of hydrogen-bond acceptors (Lipinski definition) is 6. The van der Waals surface area contributed by atoms with Crippen molar-refractivity contribution in [2.45, 2.75) is 13.8 Å². The standard InChI is InChI=1S/C16H15N5O4/c1-9-4-10(2)20-15(18-9)14(8-17-20)16(22)19-11-5-12(21(23)24)7-13(6-11)25-3/h4-8H,1-3H3,(H,19,22). The molecule has 3 rings (SSSR count). The summed E-state index contributed by atoms with van der Waals surface area (Å²) in [5.41, 5.74) is 2.37. The average Bonchev–Trinajstić information content (AvgIpc) is 2.98. The molecule has 0 aliphatic rings. The lowest BCUT2D eigenvalue weighted by Gasteiger charge is -2.07. The zero-order valence-electron chi connectivity index (χ0n) is 13.8. The molecule has 1 N–H and O–H groups in total. The van der Waals surface area contributed by atoms with Crippen LogP contribution >= 0.6 is 0 Å². The fraction of sp³-hybridized carbons (Fsp3) is 0.188. The van der Waals surface area contributed by atoms with Crippen molar-refractivity contribution in [1.29, 1.82) is 0 Å². The third kappa shape index (κ3) is 3.11. The minimum absolute atomic E-state index is 0.181. The molecule has 0 spiro atoms. The molecule has 0 unspecified atom stereocenters. The van der Waals surface area contributed by atoms with Gasteiger partial charge in [-0.05, 0) is 19.9 Å². The van der Waals surface area contributed by atoms with Crippen LogP contribution < -0.4 is 10.1 Å². The van der Waals surface area contributed by atoms with Gasteiger partial charge in [0.1, 0.15) is 11.3 Å². The maximum absolute atomic E-state index is 12.6. The number of non-ortho nitro benzene ring substituents is 1. The van der Waals surface area contributed by atoms with Crippen LogP contribution in [0.1, 0.15) is 21.7 Å². The molecule has 0 bridgehead atoms. The van der Waals surface area contributed by atoms with Gasteiger partial charge in [0.2, 0.25) is 0 Å². The van der Waals surface area contributed by atoms with Gasteiger partial charge in [0.15, 0.2) is 5.65 Å². The monoisotopic (exact) mass is 341 g/mol. The zero-order valence-corrected chi connectivity index (χ0v) is 13.8. The molecule has 2 heterocycles. The van der Waals surface area contributed by atoms with Crippen molar-refractivity contribution in [2.24, 2.45) is 0 Å². The van der Waals surface area contributed by atoms with Gasteiger partial charge in [-0.3, -0.25) is 14.9 Å². The smallest absolute Gasteiger partial charge is 0.275 e. The van der Waals surface area contributed by atoms with E-state index < -0.39 is 10.8 Å². The summed E-state index contributed by atoms with van der Waals surface area (Å²) in [6.07, 6.45) is 1.42. The summed E-state index contributed by atoms with van der Waals surface area (Å²) in [4.78, 5) is 27.4. The number of benzene rings is 1. The molecule has 9 heteroatoms. The third-order valence-corrected chi connectivity index (χ3v) is 3.62. The summed E-state index contributed by atoms with van der Waals surface area (Å²) in [6.45, 7) is 3.69. The highest BCUT2D eigenvalue weighted by atomic mass is 16.6. The second-order valence-corrected chi connectivity index (χ2v) is 5.46. The summed E-state index contributed by atoms with van der Waals surface area (Å²) in [6, 6.07) is 5.89. The number of nitro benzene ring substituents is 1. The molecule has 2 aromatic heterocycles. The minimum Gasteiger partial charge on any atom is -0.496 e. The Morgan fingerprint density at radius 3 is 2.72 bits per heavy atom. The lowest BCUT2D eigenvalue weighted by molar-refractivity contribution is -0.384. The molecule has 0 saturated carbocycles. The van der Waals surface area contributed by atoms with Crippen molar-refractivity contribution in [3.63, 3.8) is 0 Å². The number of aryl methyl sites for hydroxylation is 2. The molecule has 128 valence electrons. The Hall–Kier alpha value is -3.49. The highest BCUT2D eigenvalue weighted by molar-refractivity contribution is 6.08.